The van der Waals surface area contributed by atoms with Crippen molar-refractivity contribution in [3.8, 4) is 16.9 Å². The second kappa shape index (κ2) is 7.60. The number of benzene rings is 2. The quantitative estimate of drug-likeness (QED) is 0.664. The first-order valence-corrected chi connectivity index (χ1v) is 9.44. The first-order valence-electron chi connectivity index (χ1n) is 9.06. The summed E-state index contributed by atoms with van der Waals surface area (Å²) in [4.78, 5) is 25.0. The third-order valence-corrected chi connectivity index (χ3v) is 5.03. The second-order valence-electron chi connectivity index (χ2n) is 6.75. The van der Waals surface area contributed by atoms with Crippen LogP contribution in [0.3, 0.4) is 0 Å². The molecule has 0 spiro atoms. The van der Waals surface area contributed by atoms with E-state index < -0.39 is 6.04 Å². The van der Waals surface area contributed by atoms with Gasteiger partial charge in [-0.3, -0.25) is 9.59 Å². The van der Waals surface area contributed by atoms with Gasteiger partial charge in [0.25, 0.3) is 5.91 Å². The van der Waals surface area contributed by atoms with Crippen LogP contribution in [0.4, 0.5) is 11.5 Å². The van der Waals surface area contributed by atoms with E-state index in [1.807, 2.05) is 31.2 Å². The van der Waals surface area contributed by atoms with Crippen LogP contribution in [0.2, 0.25) is 5.02 Å². The maximum Gasteiger partial charge on any atom is 0.251 e. The largest absolute Gasteiger partial charge is 0.497 e. The number of carbonyl (C=O) groups is 2. The van der Waals surface area contributed by atoms with E-state index in [1.165, 1.54) is 0 Å². The molecule has 0 saturated heterocycles. The lowest BCUT2D eigenvalue weighted by Crippen LogP contribution is -2.23. The summed E-state index contributed by atoms with van der Waals surface area (Å²) in [5.74, 6) is 0.788. The van der Waals surface area contributed by atoms with E-state index in [9.17, 15) is 9.59 Å². The normalized spacial score (nSPS) is 15.0. The van der Waals surface area contributed by atoms with Gasteiger partial charge in [0.2, 0.25) is 5.91 Å². The summed E-state index contributed by atoms with van der Waals surface area (Å²) in [6, 6.07) is 13.7. The number of hydrogen-bond acceptors (Lipinski definition) is 4. The Morgan fingerprint density at radius 3 is 2.72 bits per heavy atom. The van der Waals surface area contributed by atoms with Gasteiger partial charge in [0.1, 0.15) is 17.6 Å². The highest BCUT2D eigenvalue weighted by Crippen LogP contribution is 2.38. The molecule has 0 saturated carbocycles. The zero-order chi connectivity index (χ0) is 20.5. The third kappa shape index (κ3) is 3.69. The van der Waals surface area contributed by atoms with Crippen LogP contribution in [0.15, 0.2) is 48.5 Å². The number of rotatable bonds is 5. The lowest BCUT2D eigenvalue weighted by Gasteiger charge is -2.10. The number of anilines is 2. The lowest BCUT2D eigenvalue weighted by molar-refractivity contribution is -0.123. The van der Waals surface area contributed by atoms with Gasteiger partial charge < -0.3 is 15.4 Å². The highest BCUT2D eigenvalue weighted by Gasteiger charge is 2.36. The zero-order valence-electron chi connectivity index (χ0n) is 15.9. The van der Waals surface area contributed by atoms with Crippen molar-refractivity contribution in [1.82, 2.24) is 9.78 Å². The average Bonchev–Trinajstić information content (AvgIpc) is 3.16. The third-order valence-electron chi connectivity index (χ3n) is 4.79. The summed E-state index contributed by atoms with van der Waals surface area (Å²) in [5.41, 5.74) is 3.09. The summed E-state index contributed by atoms with van der Waals surface area (Å²) in [6.07, 6.45) is -0.0332. The smallest absolute Gasteiger partial charge is 0.251 e. The molecule has 1 aliphatic heterocycles. The van der Waals surface area contributed by atoms with E-state index in [0.717, 1.165) is 22.6 Å². The Balaban J connectivity index is 1.57. The number of carbonyl (C=O) groups excluding carboxylic acids is 2. The zero-order valence-corrected chi connectivity index (χ0v) is 16.7. The molecule has 0 fully saturated rings. The van der Waals surface area contributed by atoms with Crippen LogP contribution in [-0.2, 0) is 9.59 Å². The molecule has 29 heavy (non-hydrogen) atoms. The van der Waals surface area contributed by atoms with E-state index in [1.54, 1.807) is 36.1 Å². The molecular weight excluding hydrogens is 392 g/mol. The monoisotopic (exact) mass is 410 g/mol. The van der Waals surface area contributed by atoms with Crippen molar-refractivity contribution in [2.75, 3.05) is 17.7 Å². The molecule has 2 N–H and O–H groups in total. The molecular formula is C21H19ClN4O3. The Kier molecular flexibility index (Phi) is 4.98. The molecule has 148 valence electrons. The van der Waals surface area contributed by atoms with Gasteiger partial charge in [0.15, 0.2) is 0 Å². The van der Waals surface area contributed by atoms with Gasteiger partial charge in [-0.25, -0.2) is 4.68 Å². The van der Waals surface area contributed by atoms with E-state index in [2.05, 4.69) is 15.7 Å². The summed E-state index contributed by atoms with van der Waals surface area (Å²) >= 11 is 5.95. The second-order valence-corrected chi connectivity index (χ2v) is 7.19. The number of aryl methyl sites for hydroxylation is 1. The van der Waals surface area contributed by atoms with Crippen molar-refractivity contribution >= 4 is 34.9 Å². The number of amides is 2. The number of nitrogens with zero attached hydrogens (tertiary/aromatic N) is 2. The van der Waals surface area contributed by atoms with Crippen molar-refractivity contribution in [1.29, 1.82) is 0 Å². The van der Waals surface area contributed by atoms with Crippen molar-refractivity contribution in [3.63, 3.8) is 0 Å². The van der Waals surface area contributed by atoms with Crippen molar-refractivity contribution < 1.29 is 14.3 Å². The van der Waals surface area contributed by atoms with Crippen LogP contribution in [0, 0.1) is 6.92 Å². The van der Waals surface area contributed by atoms with Gasteiger partial charge >= 0.3 is 0 Å². The molecule has 0 radical (unpaired) electrons. The van der Waals surface area contributed by atoms with E-state index in [4.69, 9.17) is 16.3 Å². The van der Waals surface area contributed by atoms with E-state index in [-0.39, 0.29) is 18.2 Å². The van der Waals surface area contributed by atoms with E-state index >= 15 is 0 Å². The maximum absolute atomic E-state index is 12.5. The molecule has 0 bridgehead atoms. The predicted octanol–water partition coefficient (Wildman–Crippen LogP) is 4.04. The lowest BCUT2D eigenvalue weighted by atomic mass is 10.1. The Morgan fingerprint density at radius 1 is 1.28 bits per heavy atom. The van der Waals surface area contributed by atoms with Crippen LogP contribution in [0.25, 0.3) is 11.1 Å². The molecule has 4 rings (SSSR count). The van der Waals surface area contributed by atoms with Gasteiger partial charge in [0, 0.05) is 16.3 Å². The topological polar surface area (TPSA) is 85.2 Å². The minimum Gasteiger partial charge on any atom is -0.497 e. The molecule has 8 heteroatoms. The Morgan fingerprint density at radius 2 is 2.03 bits per heavy atom. The standard InChI is InChI=1S/C21H19ClN4O3/c1-12-19(13-6-8-16(29-2)9-7-13)20-24-21(28)17(26(20)25-12)11-18(27)23-15-5-3-4-14(22)10-15/h3-10,17H,11H2,1-2H3,(H,23,27)(H,24,28). The fraction of sp³-hybridized carbons (Fsp3) is 0.190. The van der Waals surface area contributed by atoms with Crippen LogP contribution in [-0.4, -0.2) is 28.7 Å². The summed E-state index contributed by atoms with van der Waals surface area (Å²) < 4.78 is 6.79. The number of halogens is 1. The van der Waals surface area contributed by atoms with Gasteiger partial charge in [-0.15, -0.1) is 0 Å². The Hall–Kier alpha value is -3.32. The number of ether oxygens (including phenoxy) is 1. The Bertz CT molecular complexity index is 1090. The number of hydrogen-bond donors (Lipinski definition) is 2. The summed E-state index contributed by atoms with van der Waals surface area (Å²) in [5, 5.41) is 10.7. The Labute approximate surface area is 172 Å². The number of fused-ring (bicyclic) bond motifs is 1. The molecule has 2 amide bonds. The van der Waals surface area contributed by atoms with Crippen LogP contribution >= 0.6 is 11.6 Å². The fourth-order valence-electron chi connectivity index (χ4n) is 3.44. The van der Waals surface area contributed by atoms with Crippen LogP contribution in [0.1, 0.15) is 18.2 Å². The first-order chi connectivity index (χ1) is 14.0. The first kappa shape index (κ1) is 19.0. The van der Waals surface area contributed by atoms with Crippen molar-refractivity contribution in [2.24, 2.45) is 0 Å². The van der Waals surface area contributed by atoms with Crippen molar-refractivity contribution in [3.05, 3.63) is 59.2 Å². The van der Waals surface area contributed by atoms with Gasteiger partial charge in [-0.1, -0.05) is 29.8 Å². The van der Waals surface area contributed by atoms with Gasteiger partial charge in [-0.05, 0) is 42.8 Å². The highest BCUT2D eigenvalue weighted by atomic mass is 35.5. The molecule has 1 aromatic heterocycles. The van der Waals surface area contributed by atoms with Crippen molar-refractivity contribution in [2.45, 2.75) is 19.4 Å². The summed E-state index contributed by atoms with van der Waals surface area (Å²) in [6.45, 7) is 1.88. The number of nitrogens with one attached hydrogen (secondary N) is 2. The molecule has 1 atom stereocenters. The van der Waals surface area contributed by atoms with E-state index in [0.29, 0.717) is 16.5 Å². The number of methoxy groups -OCH3 is 1. The van der Waals surface area contributed by atoms with Crippen LogP contribution in [0.5, 0.6) is 5.75 Å². The molecule has 3 aromatic rings. The molecule has 2 heterocycles. The predicted molar refractivity (Wildman–Crippen MR) is 111 cm³/mol. The molecule has 2 aromatic carbocycles. The molecule has 1 aliphatic rings. The minimum atomic E-state index is -0.713. The van der Waals surface area contributed by atoms with Gasteiger partial charge in [-0.2, -0.15) is 5.10 Å². The fourth-order valence-corrected chi connectivity index (χ4v) is 3.63. The van der Waals surface area contributed by atoms with Crippen LogP contribution < -0.4 is 15.4 Å². The SMILES string of the molecule is COc1ccc(-c2c(C)nn3c2NC(=O)C3CC(=O)Nc2cccc(Cl)c2)cc1. The molecule has 1 unspecified atom stereocenters. The maximum atomic E-state index is 12.5. The molecule has 7 nitrogen and oxygen atoms in total. The number of aromatic nitrogens is 2. The van der Waals surface area contributed by atoms with Gasteiger partial charge in [0.05, 0.1) is 19.2 Å². The molecule has 0 aliphatic carbocycles. The minimum absolute atomic E-state index is 0.0332. The summed E-state index contributed by atoms with van der Waals surface area (Å²) in [7, 11) is 1.61. The average molecular weight is 411 g/mol. The highest BCUT2D eigenvalue weighted by molar-refractivity contribution is 6.30.